The van der Waals surface area contributed by atoms with Crippen LogP contribution < -0.4 is 5.32 Å². The molecule has 0 aliphatic carbocycles. The lowest BCUT2D eigenvalue weighted by molar-refractivity contribution is -0.120. The molecule has 0 radical (unpaired) electrons. The molecule has 1 amide bonds. The molecule has 1 aliphatic rings. The number of sulfonamides is 1. The molecule has 32 heavy (non-hydrogen) atoms. The average molecular weight is 449 g/mol. The fraction of sp³-hybridized carbons (Fsp3) is 0.269. The maximum absolute atomic E-state index is 13.0. The number of anilines is 1. The highest BCUT2D eigenvalue weighted by molar-refractivity contribution is 7.88. The molecule has 1 saturated heterocycles. The minimum atomic E-state index is -3.40. The maximum atomic E-state index is 13.0. The van der Waals surface area contributed by atoms with Crippen LogP contribution in [-0.4, -0.2) is 31.7 Å². The van der Waals surface area contributed by atoms with Gasteiger partial charge in [0.2, 0.25) is 15.9 Å². The minimum Gasteiger partial charge on any atom is -0.325 e. The quantitative estimate of drug-likeness (QED) is 0.587. The first-order chi connectivity index (χ1) is 15.4. The molecule has 1 heterocycles. The molecule has 0 bridgehead atoms. The van der Waals surface area contributed by atoms with Gasteiger partial charge in [-0.2, -0.15) is 0 Å². The van der Waals surface area contributed by atoms with Crippen molar-refractivity contribution in [3.05, 3.63) is 90.0 Å². The van der Waals surface area contributed by atoms with Gasteiger partial charge in [-0.25, -0.2) is 12.7 Å². The van der Waals surface area contributed by atoms with Crippen molar-refractivity contribution in [2.75, 3.05) is 18.4 Å². The van der Waals surface area contributed by atoms with E-state index in [1.54, 1.807) is 0 Å². The van der Waals surface area contributed by atoms with E-state index in [2.05, 4.69) is 5.32 Å². The first-order valence-electron chi connectivity index (χ1n) is 10.9. The van der Waals surface area contributed by atoms with Gasteiger partial charge in [0.25, 0.3) is 0 Å². The van der Waals surface area contributed by atoms with Crippen molar-refractivity contribution < 1.29 is 13.2 Å². The van der Waals surface area contributed by atoms with Gasteiger partial charge >= 0.3 is 0 Å². The Bertz CT molecular complexity index is 1170. The highest BCUT2D eigenvalue weighted by atomic mass is 32.2. The number of nitrogens with one attached hydrogen (secondary N) is 1. The van der Waals surface area contributed by atoms with Crippen molar-refractivity contribution in [2.45, 2.75) is 25.5 Å². The minimum absolute atomic E-state index is 0.00536. The molecular formula is C26H28N2O3S. The number of amides is 1. The Morgan fingerprint density at radius 2 is 1.53 bits per heavy atom. The van der Waals surface area contributed by atoms with E-state index in [0.717, 1.165) is 27.9 Å². The Morgan fingerprint density at radius 1 is 0.906 bits per heavy atom. The largest absolute Gasteiger partial charge is 0.325 e. The van der Waals surface area contributed by atoms with Crippen molar-refractivity contribution in [1.82, 2.24) is 4.31 Å². The third-order valence-electron chi connectivity index (χ3n) is 5.96. The summed E-state index contributed by atoms with van der Waals surface area (Å²) in [6.45, 7) is 2.71. The van der Waals surface area contributed by atoms with Crippen molar-refractivity contribution in [3.8, 4) is 11.1 Å². The summed E-state index contributed by atoms with van der Waals surface area (Å²) in [6.07, 6.45) is 1.04. The second-order valence-electron chi connectivity index (χ2n) is 8.32. The van der Waals surface area contributed by atoms with Gasteiger partial charge in [-0.15, -0.1) is 0 Å². The van der Waals surface area contributed by atoms with Crippen LogP contribution in [0.1, 0.15) is 24.0 Å². The van der Waals surface area contributed by atoms with Gasteiger partial charge in [0.05, 0.1) is 5.75 Å². The second kappa shape index (κ2) is 9.67. The van der Waals surface area contributed by atoms with E-state index >= 15 is 0 Å². The Labute approximate surface area is 190 Å². The number of piperidine rings is 1. The van der Waals surface area contributed by atoms with Crippen molar-refractivity contribution >= 4 is 21.6 Å². The smallest absolute Gasteiger partial charge is 0.227 e. The summed E-state index contributed by atoms with van der Waals surface area (Å²) >= 11 is 0. The number of carbonyl (C=O) groups excluding carboxylic acids is 1. The molecule has 0 saturated carbocycles. The Kier molecular flexibility index (Phi) is 6.72. The number of hydrogen-bond acceptors (Lipinski definition) is 3. The van der Waals surface area contributed by atoms with E-state index in [0.29, 0.717) is 25.9 Å². The van der Waals surface area contributed by atoms with E-state index < -0.39 is 10.0 Å². The van der Waals surface area contributed by atoms with Crippen LogP contribution >= 0.6 is 0 Å². The number of nitrogens with zero attached hydrogens (tertiary/aromatic N) is 1. The number of rotatable bonds is 6. The predicted octanol–water partition coefficient (Wildman–Crippen LogP) is 4.84. The van der Waals surface area contributed by atoms with Gasteiger partial charge < -0.3 is 5.32 Å². The summed E-state index contributed by atoms with van der Waals surface area (Å²) < 4.78 is 27.2. The summed E-state index contributed by atoms with van der Waals surface area (Å²) in [5.41, 5.74) is 4.68. The molecule has 166 valence electrons. The maximum Gasteiger partial charge on any atom is 0.227 e. The fourth-order valence-electron chi connectivity index (χ4n) is 4.08. The second-order valence-corrected chi connectivity index (χ2v) is 10.3. The number of hydrogen-bond donors (Lipinski definition) is 1. The molecule has 5 nitrogen and oxygen atoms in total. The van der Waals surface area contributed by atoms with Gasteiger partial charge in [0, 0.05) is 30.3 Å². The van der Waals surface area contributed by atoms with E-state index in [9.17, 15) is 13.2 Å². The Hall–Kier alpha value is -2.96. The van der Waals surface area contributed by atoms with Crippen LogP contribution in [0.4, 0.5) is 5.69 Å². The molecule has 1 N–H and O–H groups in total. The third kappa shape index (κ3) is 5.26. The van der Waals surface area contributed by atoms with Crippen LogP contribution in [0.25, 0.3) is 11.1 Å². The number of benzene rings is 3. The molecular weight excluding hydrogens is 420 g/mol. The van der Waals surface area contributed by atoms with Gasteiger partial charge in [-0.1, -0.05) is 78.4 Å². The van der Waals surface area contributed by atoms with E-state index in [4.69, 9.17) is 0 Å². The fourth-order valence-corrected chi connectivity index (χ4v) is 5.64. The highest BCUT2D eigenvalue weighted by Crippen LogP contribution is 2.29. The zero-order chi connectivity index (χ0) is 22.6. The van der Waals surface area contributed by atoms with E-state index in [1.807, 2.05) is 85.8 Å². The zero-order valence-electron chi connectivity index (χ0n) is 18.2. The summed E-state index contributed by atoms with van der Waals surface area (Å²) in [6, 6.07) is 25.3. The van der Waals surface area contributed by atoms with Crippen LogP contribution in [-0.2, 0) is 20.6 Å². The van der Waals surface area contributed by atoms with E-state index in [-0.39, 0.29) is 17.6 Å². The van der Waals surface area contributed by atoms with Crippen LogP contribution in [0, 0.1) is 12.8 Å². The SMILES string of the molecule is Cc1ccc(CS(=O)(=O)N2CCC(C(=O)Nc3ccccc3-c3ccccc3)CC2)cc1. The Morgan fingerprint density at radius 3 is 2.22 bits per heavy atom. The molecule has 4 rings (SSSR count). The Balaban J connectivity index is 1.38. The summed E-state index contributed by atoms with van der Waals surface area (Å²) in [4.78, 5) is 13.0. The normalized spacial score (nSPS) is 15.4. The lowest BCUT2D eigenvalue weighted by Gasteiger charge is -2.30. The molecule has 0 atom stereocenters. The van der Waals surface area contributed by atoms with Crippen LogP contribution in [0.15, 0.2) is 78.9 Å². The lowest BCUT2D eigenvalue weighted by Crippen LogP contribution is -2.41. The van der Waals surface area contributed by atoms with E-state index in [1.165, 1.54) is 4.31 Å². The standard InChI is InChI=1S/C26H28N2O3S/c1-20-11-13-21(14-12-20)19-32(30,31)28-17-15-23(16-18-28)26(29)27-25-10-6-5-9-24(25)22-7-3-2-4-8-22/h2-14,23H,15-19H2,1H3,(H,27,29). The molecule has 1 fully saturated rings. The number of aryl methyl sites for hydroxylation is 1. The van der Waals surface area contributed by atoms with Crippen LogP contribution in [0.3, 0.4) is 0 Å². The van der Waals surface area contributed by atoms with Crippen molar-refractivity contribution in [2.24, 2.45) is 5.92 Å². The number of para-hydroxylation sites is 1. The summed E-state index contributed by atoms with van der Waals surface area (Å²) in [7, 11) is -3.40. The van der Waals surface area contributed by atoms with Gasteiger partial charge in [-0.3, -0.25) is 4.79 Å². The lowest BCUT2D eigenvalue weighted by atomic mass is 9.96. The van der Waals surface area contributed by atoms with Crippen LogP contribution in [0.5, 0.6) is 0 Å². The van der Waals surface area contributed by atoms with Crippen LogP contribution in [0.2, 0.25) is 0 Å². The molecule has 0 unspecified atom stereocenters. The molecule has 0 aromatic heterocycles. The monoisotopic (exact) mass is 448 g/mol. The molecule has 0 spiro atoms. The summed E-state index contributed by atoms with van der Waals surface area (Å²) in [5.74, 6) is -0.261. The van der Waals surface area contributed by atoms with Crippen molar-refractivity contribution in [1.29, 1.82) is 0 Å². The topological polar surface area (TPSA) is 66.5 Å². The summed E-state index contributed by atoms with van der Waals surface area (Å²) in [5, 5.41) is 3.07. The predicted molar refractivity (Wildman–Crippen MR) is 129 cm³/mol. The molecule has 6 heteroatoms. The molecule has 1 aliphatic heterocycles. The van der Waals surface area contributed by atoms with Gasteiger partial charge in [0.15, 0.2) is 0 Å². The first-order valence-corrected chi connectivity index (χ1v) is 12.5. The molecule has 3 aromatic rings. The van der Waals surface area contributed by atoms with Gasteiger partial charge in [0.1, 0.15) is 0 Å². The molecule has 3 aromatic carbocycles. The van der Waals surface area contributed by atoms with Crippen molar-refractivity contribution in [3.63, 3.8) is 0 Å². The average Bonchev–Trinajstić information content (AvgIpc) is 2.81. The highest BCUT2D eigenvalue weighted by Gasteiger charge is 2.31. The van der Waals surface area contributed by atoms with Gasteiger partial charge in [-0.05, 0) is 37.0 Å². The third-order valence-corrected chi connectivity index (χ3v) is 7.81. The number of carbonyl (C=O) groups is 1. The zero-order valence-corrected chi connectivity index (χ0v) is 19.0. The first kappa shape index (κ1) is 22.2.